The van der Waals surface area contributed by atoms with Crippen LogP contribution >= 0.6 is 15.9 Å². The highest BCUT2D eigenvalue weighted by atomic mass is 79.9. The number of nitrogens with zero attached hydrogens (tertiary/aromatic N) is 1. The molecule has 1 heterocycles. The number of rotatable bonds is 6. The molecular weight excluding hydrogens is 524 g/mol. The van der Waals surface area contributed by atoms with Crippen molar-refractivity contribution < 1.29 is 23.9 Å². The van der Waals surface area contributed by atoms with Crippen molar-refractivity contribution >= 4 is 33.4 Å². The second-order valence-electron chi connectivity index (χ2n) is 11.6. The van der Waals surface area contributed by atoms with Gasteiger partial charge in [0.25, 0.3) is 5.91 Å². The van der Waals surface area contributed by atoms with Crippen molar-refractivity contribution in [1.29, 1.82) is 0 Å². The van der Waals surface area contributed by atoms with E-state index in [9.17, 15) is 14.4 Å². The molecule has 2 N–H and O–H groups in total. The molecule has 0 saturated carbocycles. The topological polar surface area (TPSA) is 98.9 Å². The molecule has 194 valence electrons. The summed E-state index contributed by atoms with van der Waals surface area (Å²) in [5, 5.41) is 0. The molecule has 1 aromatic carbocycles. The van der Waals surface area contributed by atoms with E-state index in [1.807, 2.05) is 12.1 Å². The van der Waals surface area contributed by atoms with E-state index in [1.165, 1.54) is 7.11 Å². The van der Waals surface area contributed by atoms with Crippen LogP contribution in [-0.2, 0) is 14.4 Å². The maximum absolute atomic E-state index is 13.7. The zero-order valence-electron chi connectivity index (χ0n) is 21.9. The molecule has 0 atom stereocenters. The van der Waals surface area contributed by atoms with Crippen molar-refractivity contribution in [3.63, 3.8) is 0 Å². The minimum atomic E-state index is -0.601. The van der Waals surface area contributed by atoms with Crippen LogP contribution in [0, 0.1) is 10.8 Å². The van der Waals surface area contributed by atoms with E-state index >= 15 is 0 Å². The molecule has 0 fully saturated rings. The highest BCUT2D eigenvalue weighted by Crippen LogP contribution is 2.55. The van der Waals surface area contributed by atoms with Crippen molar-refractivity contribution in [2.24, 2.45) is 16.6 Å². The fourth-order valence-corrected chi connectivity index (χ4v) is 6.53. The van der Waals surface area contributed by atoms with Crippen molar-refractivity contribution in [3.05, 3.63) is 44.7 Å². The largest absolute Gasteiger partial charge is 0.493 e. The fourth-order valence-electron chi connectivity index (χ4n) is 5.95. The molecule has 0 bridgehead atoms. The molecule has 3 aliphatic rings. The molecule has 1 amide bonds. The number of benzene rings is 1. The Morgan fingerprint density at radius 1 is 1.03 bits per heavy atom. The Morgan fingerprint density at radius 2 is 1.56 bits per heavy atom. The average molecular weight is 560 g/mol. The van der Waals surface area contributed by atoms with Gasteiger partial charge in [-0.25, -0.2) is 0 Å². The van der Waals surface area contributed by atoms with Gasteiger partial charge in [0.1, 0.15) is 0 Å². The van der Waals surface area contributed by atoms with Crippen LogP contribution in [-0.4, -0.2) is 42.6 Å². The maximum Gasteiger partial charge on any atom is 0.255 e. The van der Waals surface area contributed by atoms with E-state index < -0.39 is 11.8 Å². The highest BCUT2D eigenvalue weighted by molar-refractivity contribution is 9.10. The molecule has 0 spiro atoms. The van der Waals surface area contributed by atoms with Crippen molar-refractivity contribution in [2.75, 3.05) is 20.3 Å². The zero-order chi connectivity index (χ0) is 26.6. The van der Waals surface area contributed by atoms with Gasteiger partial charge in [0, 0.05) is 47.8 Å². The number of hydrogen-bond donors (Lipinski definition) is 1. The Kier molecular flexibility index (Phi) is 6.88. The van der Waals surface area contributed by atoms with E-state index in [1.54, 1.807) is 0 Å². The molecule has 0 saturated heterocycles. The molecule has 0 aromatic heterocycles. The van der Waals surface area contributed by atoms with Gasteiger partial charge in [0.2, 0.25) is 0 Å². The lowest BCUT2D eigenvalue weighted by Gasteiger charge is -2.49. The third-order valence-corrected chi connectivity index (χ3v) is 7.87. The van der Waals surface area contributed by atoms with Crippen molar-refractivity contribution in [3.8, 4) is 11.5 Å². The van der Waals surface area contributed by atoms with Crippen LogP contribution in [0.25, 0.3) is 0 Å². The summed E-state index contributed by atoms with van der Waals surface area (Å²) in [5.41, 5.74) is 9.19. The maximum atomic E-state index is 13.7. The smallest absolute Gasteiger partial charge is 0.255 e. The lowest BCUT2D eigenvalue weighted by Crippen LogP contribution is -2.44. The van der Waals surface area contributed by atoms with Gasteiger partial charge >= 0.3 is 0 Å². The van der Waals surface area contributed by atoms with Crippen molar-refractivity contribution in [1.82, 2.24) is 4.90 Å². The van der Waals surface area contributed by atoms with Gasteiger partial charge in [0.05, 0.1) is 11.6 Å². The van der Waals surface area contributed by atoms with Gasteiger partial charge < -0.3 is 20.1 Å². The Labute approximate surface area is 221 Å². The van der Waals surface area contributed by atoms with Crippen LogP contribution in [0.1, 0.15) is 71.8 Å². The number of allylic oxidation sites excluding steroid dienone is 4. The third-order valence-electron chi connectivity index (χ3n) is 7.28. The molecule has 7 nitrogen and oxygen atoms in total. The van der Waals surface area contributed by atoms with Crippen molar-refractivity contribution in [2.45, 2.75) is 66.2 Å². The monoisotopic (exact) mass is 558 g/mol. The molecule has 0 unspecified atom stereocenters. The van der Waals surface area contributed by atoms with E-state index in [-0.39, 0.29) is 29.0 Å². The first-order chi connectivity index (χ1) is 16.8. The summed E-state index contributed by atoms with van der Waals surface area (Å²) in [6.45, 7) is 11.0. The summed E-state index contributed by atoms with van der Waals surface area (Å²) in [7, 11) is 1.51. The SMILES string of the molecule is CCN1C2=C(C(=O)CC(C)(C)C2)C(c2cc(Br)c(OCC(N)=O)c(OC)c2)C2=C1CC(C)(C)CC2=O. The Morgan fingerprint density at radius 3 is 2.00 bits per heavy atom. The third kappa shape index (κ3) is 4.72. The van der Waals surface area contributed by atoms with Gasteiger partial charge in [-0.3, -0.25) is 14.4 Å². The summed E-state index contributed by atoms with van der Waals surface area (Å²) in [5.74, 6) is -0.177. The quantitative estimate of drug-likeness (QED) is 0.525. The van der Waals surface area contributed by atoms with Gasteiger partial charge in [-0.15, -0.1) is 0 Å². The van der Waals surface area contributed by atoms with Crippen LogP contribution < -0.4 is 15.2 Å². The van der Waals surface area contributed by atoms with E-state index in [4.69, 9.17) is 15.2 Å². The Bertz CT molecular complexity index is 1160. The minimum Gasteiger partial charge on any atom is -0.493 e. The number of amides is 1. The van der Waals surface area contributed by atoms with E-state index in [0.29, 0.717) is 46.5 Å². The summed E-state index contributed by atoms with van der Waals surface area (Å²) < 4.78 is 11.8. The first kappa shape index (κ1) is 26.5. The van der Waals surface area contributed by atoms with E-state index in [0.717, 1.165) is 29.8 Å². The van der Waals surface area contributed by atoms with Crippen LogP contribution in [0.3, 0.4) is 0 Å². The first-order valence-corrected chi connectivity index (χ1v) is 13.2. The van der Waals surface area contributed by atoms with E-state index in [2.05, 4.69) is 55.4 Å². The Hall–Kier alpha value is -2.61. The number of Topliss-reactive ketones (excluding diaryl/α,β-unsaturated/α-hetero) is 2. The average Bonchev–Trinajstić information content (AvgIpc) is 2.74. The number of primary amides is 1. The van der Waals surface area contributed by atoms with Crippen LogP contribution in [0.4, 0.5) is 0 Å². The Balaban J connectivity index is 1.96. The second-order valence-corrected chi connectivity index (χ2v) is 12.4. The van der Waals surface area contributed by atoms with Crippen LogP contribution in [0.2, 0.25) is 0 Å². The lowest BCUT2D eigenvalue weighted by atomic mass is 9.63. The summed E-state index contributed by atoms with van der Waals surface area (Å²) in [6, 6.07) is 3.67. The summed E-state index contributed by atoms with van der Waals surface area (Å²) in [6.07, 6.45) is 2.39. The number of ketones is 2. The van der Waals surface area contributed by atoms with Gasteiger partial charge in [0.15, 0.2) is 29.7 Å². The van der Waals surface area contributed by atoms with Gasteiger partial charge in [-0.1, -0.05) is 27.7 Å². The lowest BCUT2D eigenvalue weighted by molar-refractivity contribution is -0.121. The molecule has 0 radical (unpaired) electrons. The second kappa shape index (κ2) is 9.36. The number of hydrogen-bond acceptors (Lipinski definition) is 6. The number of ether oxygens (including phenoxy) is 2. The molecular formula is C28H35BrN2O5. The normalized spacial score (nSPS) is 21.4. The molecule has 1 aliphatic heterocycles. The molecule has 1 aromatic rings. The molecule has 36 heavy (non-hydrogen) atoms. The number of carbonyl (C=O) groups excluding carboxylic acids is 3. The first-order valence-electron chi connectivity index (χ1n) is 12.4. The minimum absolute atomic E-state index is 0.0815. The van der Waals surface area contributed by atoms with Gasteiger partial charge in [-0.2, -0.15) is 0 Å². The standard InChI is InChI=1S/C28H35BrN2O5/c1-7-31-17-10-27(2,3)12-19(32)24(17)23(25-18(31)11-28(4,5)13-20(25)33)15-8-16(29)26(21(9-15)35-6)36-14-22(30)34/h8-9,23H,7,10-14H2,1-6H3,(H2,30,34). The number of methoxy groups -OCH3 is 1. The number of carbonyl (C=O) groups is 3. The number of halogens is 1. The molecule has 2 aliphatic carbocycles. The highest BCUT2D eigenvalue weighted by Gasteiger charge is 2.48. The fraction of sp³-hybridized carbons (Fsp3) is 0.536. The molecule has 4 rings (SSSR count). The summed E-state index contributed by atoms with van der Waals surface area (Å²) >= 11 is 3.55. The zero-order valence-corrected chi connectivity index (χ0v) is 23.5. The van der Waals surface area contributed by atoms with Crippen LogP contribution in [0.5, 0.6) is 11.5 Å². The summed E-state index contributed by atoms with van der Waals surface area (Å²) in [4.78, 5) is 41.0. The predicted molar refractivity (Wildman–Crippen MR) is 141 cm³/mol. The predicted octanol–water partition coefficient (Wildman–Crippen LogP) is 5.03. The van der Waals surface area contributed by atoms with Crippen LogP contribution in [0.15, 0.2) is 39.1 Å². The number of nitrogens with two attached hydrogens (primary N) is 1. The molecule has 8 heteroatoms. The van der Waals surface area contributed by atoms with Gasteiger partial charge in [-0.05, 0) is 64.2 Å².